The predicted molar refractivity (Wildman–Crippen MR) is 69.6 cm³/mol. The number of hydrogen-bond donors (Lipinski definition) is 2. The van der Waals surface area contributed by atoms with Gasteiger partial charge in [-0.15, -0.1) is 0 Å². The van der Waals surface area contributed by atoms with Crippen LogP contribution in [0.4, 0.5) is 17.1 Å². The van der Waals surface area contributed by atoms with Crippen molar-refractivity contribution in [3.8, 4) is 0 Å². The van der Waals surface area contributed by atoms with E-state index in [0.717, 1.165) is 12.2 Å². The number of anilines is 3. The molecule has 0 saturated carbocycles. The zero-order valence-electron chi connectivity index (χ0n) is 10.2. The SMILES string of the molecule is CC(C)OCCN(C)c1ccc(N)c(N)c1. The lowest BCUT2D eigenvalue weighted by molar-refractivity contribution is 0.0846. The Kier molecular flexibility index (Phi) is 4.43. The fourth-order valence-corrected chi connectivity index (χ4v) is 1.35. The zero-order chi connectivity index (χ0) is 12.1. The molecule has 0 amide bonds. The number of hydrogen-bond acceptors (Lipinski definition) is 4. The minimum atomic E-state index is 0.268. The van der Waals surface area contributed by atoms with Crippen LogP contribution in [-0.2, 0) is 4.74 Å². The maximum atomic E-state index is 5.75. The molecular formula is C12H21N3O. The van der Waals surface area contributed by atoms with E-state index in [4.69, 9.17) is 16.2 Å². The van der Waals surface area contributed by atoms with Crippen LogP contribution in [0, 0.1) is 0 Å². The van der Waals surface area contributed by atoms with Crippen molar-refractivity contribution in [2.45, 2.75) is 20.0 Å². The number of benzene rings is 1. The third kappa shape index (κ3) is 3.62. The van der Waals surface area contributed by atoms with Crippen LogP contribution in [0.2, 0.25) is 0 Å². The first-order valence-corrected chi connectivity index (χ1v) is 5.48. The number of likely N-dealkylation sites (N-methyl/N-ethyl adjacent to an activating group) is 1. The molecule has 0 aliphatic carbocycles. The Balaban J connectivity index is 2.52. The van der Waals surface area contributed by atoms with Crippen molar-refractivity contribution in [1.82, 2.24) is 0 Å². The normalized spacial score (nSPS) is 10.8. The number of rotatable bonds is 5. The van der Waals surface area contributed by atoms with Gasteiger partial charge in [-0.25, -0.2) is 0 Å². The first-order chi connectivity index (χ1) is 7.50. The second-order valence-electron chi connectivity index (χ2n) is 4.15. The van der Waals surface area contributed by atoms with Gasteiger partial charge in [-0.1, -0.05) is 0 Å². The van der Waals surface area contributed by atoms with Gasteiger partial charge in [0.05, 0.1) is 24.1 Å². The summed E-state index contributed by atoms with van der Waals surface area (Å²) in [6.07, 6.45) is 0.268. The molecule has 4 N–H and O–H groups in total. The second kappa shape index (κ2) is 5.61. The molecule has 0 fully saturated rings. The molecule has 4 nitrogen and oxygen atoms in total. The molecule has 0 aliphatic heterocycles. The molecule has 0 aliphatic rings. The van der Waals surface area contributed by atoms with Gasteiger partial charge in [0, 0.05) is 19.3 Å². The van der Waals surface area contributed by atoms with Gasteiger partial charge in [0.15, 0.2) is 0 Å². The minimum Gasteiger partial charge on any atom is -0.397 e. The molecule has 0 aromatic heterocycles. The van der Waals surface area contributed by atoms with Crippen molar-refractivity contribution < 1.29 is 4.74 Å². The van der Waals surface area contributed by atoms with Crippen molar-refractivity contribution in [2.75, 3.05) is 36.6 Å². The fraction of sp³-hybridized carbons (Fsp3) is 0.500. The standard InChI is InChI=1S/C12H21N3O/c1-9(2)16-7-6-15(3)10-4-5-11(13)12(14)8-10/h4-5,8-9H,6-7,13-14H2,1-3H3. The summed E-state index contributed by atoms with van der Waals surface area (Å²) in [5, 5.41) is 0. The summed E-state index contributed by atoms with van der Waals surface area (Å²) in [5.74, 6) is 0. The Labute approximate surface area is 97.2 Å². The highest BCUT2D eigenvalue weighted by Gasteiger charge is 2.03. The van der Waals surface area contributed by atoms with E-state index in [1.165, 1.54) is 0 Å². The van der Waals surface area contributed by atoms with Crippen molar-refractivity contribution in [3.05, 3.63) is 18.2 Å². The van der Waals surface area contributed by atoms with Gasteiger partial charge in [0.2, 0.25) is 0 Å². The first-order valence-electron chi connectivity index (χ1n) is 5.48. The molecule has 0 atom stereocenters. The van der Waals surface area contributed by atoms with Gasteiger partial charge in [-0.3, -0.25) is 0 Å². The summed E-state index contributed by atoms with van der Waals surface area (Å²) in [6.45, 7) is 5.60. The van der Waals surface area contributed by atoms with Crippen LogP contribution in [0.5, 0.6) is 0 Å². The van der Waals surface area contributed by atoms with Crippen LogP contribution >= 0.6 is 0 Å². The molecule has 90 valence electrons. The summed E-state index contributed by atoms with van der Waals surface area (Å²) in [7, 11) is 2.01. The third-order valence-electron chi connectivity index (χ3n) is 2.39. The van der Waals surface area contributed by atoms with E-state index < -0.39 is 0 Å². The lowest BCUT2D eigenvalue weighted by atomic mass is 10.2. The number of ether oxygens (including phenoxy) is 1. The van der Waals surface area contributed by atoms with Crippen LogP contribution in [0.15, 0.2) is 18.2 Å². The van der Waals surface area contributed by atoms with Crippen molar-refractivity contribution >= 4 is 17.1 Å². The highest BCUT2D eigenvalue weighted by molar-refractivity contribution is 5.69. The van der Waals surface area contributed by atoms with E-state index >= 15 is 0 Å². The average Bonchev–Trinajstić information content (AvgIpc) is 2.21. The molecule has 0 spiro atoms. The summed E-state index contributed by atoms with van der Waals surface area (Å²) in [5.41, 5.74) is 13.7. The minimum absolute atomic E-state index is 0.268. The Hall–Kier alpha value is -1.42. The highest BCUT2D eigenvalue weighted by Crippen LogP contribution is 2.21. The van der Waals surface area contributed by atoms with E-state index in [1.54, 1.807) is 0 Å². The molecule has 0 saturated heterocycles. The molecule has 0 bridgehead atoms. The average molecular weight is 223 g/mol. The Morgan fingerprint density at radius 1 is 1.25 bits per heavy atom. The van der Waals surface area contributed by atoms with E-state index in [2.05, 4.69) is 4.90 Å². The van der Waals surface area contributed by atoms with Gasteiger partial charge in [0.1, 0.15) is 0 Å². The largest absolute Gasteiger partial charge is 0.397 e. The number of nitrogen functional groups attached to an aromatic ring is 2. The zero-order valence-corrected chi connectivity index (χ0v) is 10.2. The van der Waals surface area contributed by atoms with E-state index in [-0.39, 0.29) is 6.10 Å². The Morgan fingerprint density at radius 3 is 2.50 bits per heavy atom. The smallest absolute Gasteiger partial charge is 0.0644 e. The molecule has 1 aromatic rings. The van der Waals surface area contributed by atoms with Crippen LogP contribution in [-0.4, -0.2) is 26.3 Å². The van der Waals surface area contributed by atoms with Crippen molar-refractivity contribution in [3.63, 3.8) is 0 Å². The van der Waals surface area contributed by atoms with Gasteiger partial charge < -0.3 is 21.1 Å². The summed E-state index contributed by atoms with van der Waals surface area (Å²) in [6, 6.07) is 5.66. The van der Waals surface area contributed by atoms with Crippen LogP contribution in [0.25, 0.3) is 0 Å². The Morgan fingerprint density at radius 2 is 1.94 bits per heavy atom. The monoisotopic (exact) mass is 223 g/mol. The molecule has 0 radical (unpaired) electrons. The molecule has 1 rings (SSSR count). The quantitative estimate of drug-likeness (QED) is 0.746. The van der Waals surface area contributed by atoms with Crippen molar-refractivity contribution in [1.29, 1.82) is 0 Å². The summed E-state index contributed by atoms with van der Waals surface area (Å²) in [4.78, 5) is 2.10. The van der Waals surface area contributed by atoms with Crippen LogP contribution < -0.4 is 16.4 Å². The van der Waals surface area contributed by atoms with Crippen LogP contribution in [0.3, 0.4) is 0 Å². The van der Waals surface area contributed by atoms with Gasteiger partial charge in [0.25, 0.3) is 0 Å². The van der Waals surface area contributed by atoms with Crippen LogP contribution in [0.1, 0.15) is 13.8 Å². The van der Waals surface area contributed by atoms with Crippen molar-refractivity contribution in [2.24, 2.45) is 0 Å². The fourth-order valence-electron chi connectivity index (χ4n) is 1.35. The van der Waals surface area contributed by atoms with E-state index in [1.807, 2.05) is 39.1 Å². The maximum absolute atomic E-state index is 5.75. The maximum Gasteiger partial charge on any atom is 0.0644 e. The summed E-state index contributed by atoms with van der Waals surface area (Å²) >= 11 is 0. The Bertz CT molecular complexity index is 339. The van der Waals surface area contributed by atoms with E-state index in [9.17, 15) is 0 Å². The molecule has 16 heavy (non-hydrogen) atoms. The summed E-state index contributed by atoms with van der Waals surface area (Å²) < 4.78 is 5.49. The van der Waals surface area contributed by atoms with Gasteiger partial charge in [-0.05, 0) is 32.0 Å². The molecule has 1 aromatic carbocycles. The number of nitrogens with two attached hydrogens (primary N) is 2. The van der Waals surface area contributed by atoms with Gasteiger partial charge >= 0.3 is 0 Å². The molecular weight excluding hydrogens is 202 g/mol. The predicted octanol–water partition coefficient (Wildman–Crippen LogP) is 1.71. The number of nitrogens with zero attached hydrogens (tertiary/aromatic N) is 1. The first kappa shape index (κ1) is 12.6. The molecule has 0 heterocycles. The lowest BCUT2D eigenvalue weighted by Crippen LogP contribution is -2.24. The molecule has 0 unspecified atom stereocenters. The topological polar surface area (TPSA) is 64.5 Å². The highest BCUT2D eigenvalue weighted by atomic mass is 16.5. The van der Waals surface area contributed by atoms with Gasteiger partial charge in [-0.2, -0.15) is 0 Å². The second-order valence-corrected chi connectivity index (χ2v) is 4.15. The lowest BCUT2D eigenvalue weighted by Gasteiger charge is -2.20. The third-order valence-corrected chi connectivity index (χ3v) is 2.39. The molecule has 4 heteroatoms. The van der Waals surface area contributed by atoms with E-state index in [0.29, 0.717) is 18.0 Å².